The predicted octanol–water partition coefficient (Wildman–Crippen LogP) is 6.05. The van der Waals surface area contributed by atoms with E-state index >= 15 is 0 Å². The molecule has 0 bridgehead atoms. The van der Waals surface area contributed by atoms with Gasteiger partial charge in [0.15, 0.2) is 6.61 Å². The zero-order chi connectivity index (χ0) is 27.7. The Labute approximate surface area is 234 Å². The number of anilines is 2. The van der Waals surface area contributed by atoms with Crippen LogP contribution in [0.1, 0.15) is 29.9 Å². The molecule has 204 valence electrons. The Bertz CT molecular complexity index is 1390. The minimum Gasteiger partial charge on any atom is -0.497 e. The third-order valence-corrected chi connectivity index (χ3v) is 6.83. The lowest BCUT2D eigenvalue weighted by molar-refractivity contribution is -0.121. The summed E-state index contributed by atoms with van der Waals surface area (Å²) in [4.78, 5) is 27.7. The number of methoxy groups -OCH3 is 1. The lowest BCUT2D eigenvalue weighted by Crippen LogP contribution is -2.39. The number of ether oxygens (including phenoxy) is 3. The number of benzene rings is 4. The smallest absolute Gasteiger partial charge is 0.265 e. The molecule has 40 heavy (non-hydrogen) atoms. The van der Waals surface area contributed by atoms with Crippen LogP contribution in [-0.2, 0) is 9.59 Å². The zero-order valence-electron chi connectivity index (χ0n) is 22.4. The summed E-state index contributed by atoms with van der Waals surface area (Å²) in [5, 5.41) is 3.03. The molecule has 4 aromatic rings. The molecule has 7 nitrogen and oxygen atoms in total. The number of amides is 2. The van der Waals surface area contributed by atoms with Crippen molar-refractivity contribution >= 4 is 23.2 Å². The van der Waals surface area contributed by atoms with Crippen LogP contribution in [0.2, 0.25) is 0 Å². The number of hydrogen-bond donors (Lipinski definition) is 1. The Balaban J connectivity index is 1.24. The van der Waals surface area contributed by atoms with Crippen molar-refractivity contribution in [1.29, 1.82) is 0 Å². The van der Waals surface area contributed by atoms with Crippen molar-refractivity contribution in [3.8, 4) is 17.2 Å². The van der Waals surface area contributed by atoms with Gasteiger partial charge < -0.3 is 24.4 Å². The van der Waals surface area contributed by atoms with E-state index in [9.17, 15) is 9.59 Å². The quantitative estimate of drug-likeness (QED) is 0.236. The van der Waals surface area contributed by atoms with E-state index in [1.54, 1.807) is 30.2 Å². The van der Waals surface area contributed by atoms with Crippen LogP contribution in [0.5, 0.6) is 17.2 Å². The number of fused-ring (bicyclic) bond motifs is 1. The first-order valence-corrected chi connectivity index (χ1v) is 13.3. The van der Waals surface area contributed by atoms with Crippen LogP contribution in [0.15, 0.2) is 103 Å². The number of nitrogens with one attached hydrogen (secondary N) is 1. The van der Waals surface area contributed by atoms with Gasteiger partial charge in [0.1, 0.15) is 17.2 Å². The normalized spacial score (nSPS) is 12.4. The average Bonchev–Trinajstić information content (AvgIpc) is 3.00. The second-order valence-electron chi connectivity index (χ2n) is 9.52. The number of rotatable bonds is 11. The summed E-state index contributed by atoms with van der Waals surface area (Å²) in [5.41, 5.74) is 3.41. The molecule has 0 aromatic heterocycles. The lowest BCUT2D eigenvalue weighted by Gasteiger charge is -2.30. The molecule has 0 radical (unpaired) electrons. The molecule has 2 amide bonds. The van der Waals surface area contributed by atoms with Gasteiger partial charge in [-0.1, -0.05) is 60.7 Å². The van der Waals surface area contributed by atoms with Crippen molar-refractivity contribution in [2.45, 2.75) is 18.8 Å². The van der Waals surface area contributed by atoms with E-state index in [2.05, 4.69) is 5.32 Å². The van der Waals surface area contributed by atoms with E-state index in [0.717, 1.165) is 22.6 Å². The highest BCUT2D eigenvalue weighted by molar-refractivity contribution is 5.99. The van der Waals surface area contributed by atoms with Gasteiger partial charge >= 0.3 is 0 Å². The first-order valence-electron chi connectivity index (χ1n) is 13.3. The Morgan fingerprint density at radius 2 is 1.55 bits per heavy atom. The number of nitrogens with zero attached hydrogens (tertiary/aromatic N) is 1. The molecular formula is C33H32N2O5. The molecule has 0 atom stereocenters. The third kappa shape index (κ3) is 6.61. The fourth-order valence-corrected chi connectivity index (χ4v) is 4.81. The SMILES string of the molecule is COc1ccc(OCCCN2C(=O)COc3ccc(NC(=O)CC(c4ccccc4)c4ccccc4)cc32)cc1. The second-order valence-corrected chi connectivity index (χ2v) is 9.52. The van der Waals surface area contributed by atoms with Gasteiger partial charge in [-0.25, -0.2) is 0 Å². The molecule has 1 aliphatic rings. The Hall–Kier alpha value is -4.78. The molecule has 1 N–H and O–H groups in total. The molecule has 0 saturated carbocycles. The molecule has 0 saturated heterocycles. The van der Waals surface area contributed by atoms with E-state index < -0.39 is 0 Å². The summed E-state index contributed by atoms with van der Waals surface area (Å²) in [6, 6.07) is 32.9. The maximum atomic E-state index is 13.2. The lowest BCUT2D eigenvalue weighted by atomic mass is 9.88. The summed E-state index contributed by atoms with van der Waals surface area (Å²) in [6.45, 7) is 0.893. The van der Waals surface area contributed by atoms with Crippen molar-refractivity contribution in [2.75, 3.05) is 37.1 Å². The second kappa shape index (κ2) is 12.8. The Kier molecular flexibility index (Phi) is 8.61. The highest BCUT2D eigenvalue weighted by Gasteiger charge is 2.26. The monoisotopic (exact) mass is 536 g/mol. The van der Waals surface area contributed by atoms with Crippen molar-refractivity contribution < 1.29 is 23.8 Å². The number of hydrogen-bond acceptors (Lipinski definition) is 5. The molecule has 0 fully saturated rings. The molecule has 5 rings (SSSR count). The maximum absolute atomic E-state index is 13.2. The molecule has 1 aliphatic heterocycles. The molecule has 1 heterocycles. The first-order chi connectivity index (χ1) is 19.6. The van der Waals surface area contributed by atoms with Crippen LogP contribution in [-0.4, -0.2) is 38.7 Å². The fourth-order valence-electron chi connectivity index (χ4n) is 4.81. The van der Waals surface area contributed by atoms with E-state index in [-0.39, 0.29) is 30.8 Å². The van der Waals surface area contributed by atoms with Crippen molar-refractivity contribution in [3.63, 3.8) is 0 Å². The van der Waals surface area contributed by atoms with E-state index in [4.69, 9.17) is 14.2 Å². The van der Waals surface area contributed by atoms with Crippen LogP contribution >= 0.6 is 0 Å². The Morgan fingerprint density at radius 1 is 0.900 bits per heavy atom. The van der Waals surface area contributed by atoms with Crippen molar-refractivity contribution in [2.24, 2.45) is 0 Å². The maximum Gasteiger partial charge on any atom is 0.265 e. The van der Waals surface area contributed by atoms with Crippen LogP contribution in [0, 0.1) is 0 Å². The van der Waals surface area contributed by atoms with Gasteiger partial charge in [0.25, 0.3) is 5.91 Å². The molecule has 0 unspecified atom stereocenters. The number of carbonyl (C=O) groups excluding carboxylic acids is 2. The predicted molar refractivity (Wildman–Crippen MR) is 155 cm³/mol. The van der Waals surface area contributed by atoms with E-state index in [0.29, 0.717) is 36.7 Å². The van der Waals surface area contributed by atoms with Gasteiger partial charge in [-0.3, -0.25) is 9.59 Å². The summed E-state index contributed by atoms with van der Waals surface area (Å²) < 4.78 is 16.7. The molecule has 7 heteroatoms. The van der Waals surface area contributed by atoms with Crippen molar-refractivity contribution in [1.82, 2.24) is 0 Å². The van der Waals surface area contributed by atoms with Crippen LogP contribution in [0.4, 0.5) is 11.4 Å². The van der Waals surface area contributed by atoms with Gasteiger partial charge in [0, 0.05) is 24.6 Å². The largest absolute Gasteiger partial charge is 0.497 e. The van der Waals surface area contributed by atoms with E-state index in [1.165, 1.54) is 0 Å². The van der Waals surface area contributed by atoms with Crippen LogP contribution in [0.25, 0.3) is 0 Å². The molecule has 0 aliphatic carbocycles. The molecule has 4 aromatic carbocycles. The average molecular weight is 537 g/mol. The fraction of sp³-hybridized carbons (Fsp3) is 0.212. The van der Waals surface area contributed by atoms with Gasteiger partial charge in [0.2, 0.25) is 5.91 Å². The Morgan fingerprint density at radius 3 is 2.20 bits per heavy atom. The summed E-state index contributed by atoms with van der Waals surface area (Å²) in [5.74, 6) is 1.80. The standard InChI is InChI=1S/C33H32N2O5/c1-38-27-14-16-28(17-15-27)39-20-8-19-35-30-21-26(13-18-31(30)40-23-33(35)37)34-32(36)22-29(24-9-4-2-5-10-24)25-11-6-3-7-12-25/h2-7,9-18,21,29H,8,19-20,22-23H2,1H3,(H,34,36). The van der Waals surface area contributed by atoms with Gasteiger partial charge in [-0.05, 0) is 60.0 Å². The minimum absolute atomic E-state index is 0.0200. The highest BCUT2D eigenvalue weighted by Crippen LogP contribution is 2.35. The topological polar surface area (TPSA) is 77.1 Å². The number of carbonyl (C=O) groups is 2. The zero-order valence-corrected chi connectivity index (χ0v) is 22.4. The van der Waals surface area contributed by atoms with E-state index in [1.807, 2.05) is 84.9 Å². The van der Waals surface area contributed by atoms with Gasteiger partial charge in [0.05, 0.1) is 19.4 Å². The summed E-state index contributed by atoms with van der Waals surface area (Å²) >= 11 is 0. The minimum atomic E-state index is -0.131. The van der Waals surface area contributed by atoms with Crippen LogP contribution in [0.3, 0.4) is 0 Å². The van der Waals surface area contributed by atoms with Crippen molar-refractivity contribution in [3.05, 3.63) is 114 Å². The highest BCUT2D eigenvalue weighted by atomic mass is 16.5. The summed E-state index contributed by atoms with van der Waals surface area (Å²) in [6.07, 6.45) is 0.913. The molecule has 0 spiro atoms. The molecular weight excluding hydrogens is 504 g/mol. The first kappa shape index (κ1) is 26.8. The van der Waals surface area contributed by atoms with Gasteiger partial charge in [-0.15, -0.1) is 0 Å². The van der Waals surface area contributed by atoms with Gasteiger partial charge in [-0.2, -0.15) is 0 Å². The van der Waals surface area contributed by atoms with Crippen LogP contribution < -0.4 is 24.4 Å². The summed E-state index contributed by atoms with van der Waals surface area (Å²) in [7, 11) is 1.62. The third-order valence-electron chi connectivity index (χ3n) is 6.83.